The molecule has 1 aliphatic rings. The van der Waals surface area contributed by atoms with Gasteiger partial charge < -0.3 is 15.3 Å². The maximum atomic E-state index is 12.3. The fourth-order valence-electron chi connectivity index (χ4n) is 2.25. The SMILES string of the molecule is CNC1CCCN(C(=O)c2ccc(Br)cc2O)C1. The van der Waals surface area contributed by atoms with Crippen molar-refractivity contribution < 1.29 is 9.90 Å². The first kappa shape index (κ1) is 13.4. The second kappa shape index (κ2) is 5.71. The molecular formula is C13H17BrN2O2. The molecule has 4 nitrogen and oxygen atoms in total. The van der Waals surface area contributed by atoms with Gasteiger partial charge in [-0.2, -0.15) is 0 Å². The number of nitrogens with zero attached hydrogens (tertiary/aromatic N) is 1. The average Bonchev–Trinajstić information content (AvgIpc) is 2.38. The number of rotatable bonds is 2. The van der Waals surface area contributed by atoms with Gasteiger partial charge in [-0.1, -0.05) is 15.9 Å². The highest BCUT2D eigenvalue weighted by atomic mass is 79.9. The van der Waals surface area contributed by atoms with Crippen molar-refractivity contribution in [2.24, 2.45) is 0 Å². The van der Waals surface area contributed by atoms with Crippen LogP contribution in [0, 0.1) is 0 Å². The van der Waals surface area contributed by atoms with E-state index >= 15 is 0 Å². The molecule has 0 aromatic heterocycles. The van der Waals surface area contributed by atoms with Crippen molar-refractivity contribution in [2.75, 3.05) is 20.1 Å². The predicted octanol–water partition coefficient (Wildman–Crippen LogP) is 1.98. The molecule has 1 amide bonds. The quantitative estimate of drug-likeness (QED) is 0.878. The van der Waals surface area contributed by atoms with E-state index in [1.165, 1.54) is 0 Å². The molecule has 0 spiro atoms. The van der Waals surface area contributed by atoms with E-state index in [9.17, 15) is 9.90 Å². The van der Waals surface area contributed by atoms with Crippen LogP contribution in [0.5, 0.6) is 5.75 Å². The van der Waals surface area contributed by atoms with E-state index in [4.69, 9.17) is 0 Å². The highest BCUT2D eigenvalue weighted by molar-refractivity contribution is 9.10. The summed E-state index contributed by atoms with van der Waals surface area (Å²) in [5.74, 6) is -0.0686. The molecule has 1 aromatic carbocycles. The minimum Gasteiger partial charge on any atom is -0.507 e. The maximum Gasteiger partial charge on any atom is 0.257 e. The summed E-state index contributed by atoms with van der Waals surface area (Å²) in [6.45, 7) is 1.46. The molecule has 5 heteroatoms. The van der Waals surface area contributed by atoms with Crippen molar-refractivity contribution in [3.05, 3.63) is 28.2 Å². The van der Waals surface area contributed by atoms with Crippen LogP contribution < -0.4 is 5.32 Å². The monoisotopic (exact) mass is 312 g/mol. The van der Waals surface area contributed by atoms with Crippen LogP contribution >= 0.6 is 15.9 Å². The normalized spacial score (nSPS) is 19.9. The largest absolute Gasteiger partial charge is 0.507 e. The molecule has 0 saturated carbocycles. The Kier molecular flexibility index (Phi) is 4.24. The van der Waals surface area contributed by atoms with Gasteiger partial charge in [0.05, 0.1) is 5.56 Å². The van der Waals surface area contributed by atoms with Crippen molar-refractivity contribution in [2.45, 2.75) is 18.9 Å². The summed E-state index contributed by atoms with van der Waals surface area (Å²) < 4.78 is 0.767. The molecule has 18 heavy (non-hydrogen) atoms. The molecule has 1 fully saturated rings. The van der Waals surface area contributed by atoms with Crippen LogP contribution in [0.4, 0.5) is 0 Å². The second-order valence-corrected chi connectivity index (χ2v) is 5.46. The molecule has 1 heterocycles. The zero-order chi connectivity index (χ0) is 13.1. The summed E-state index contributed by atoms with van der Waals surface area (Å²) >= 11 is 3.27. The lowest BCUT2D eigenvalue weighted by Crippen LogP contribution is -2.46. The van der Waals surface area contributed by atoms with E-state index in [1.807, 2.05) is 7.05 Å². The zero-order valence-corrected chi connectivity index (χ0v) is 11.9. The van der Waals surface area contributed by atoms with Crippen LogP contribution in [0.2, 0.25) is 0 Å². The van der Waals surface area contributed by atoms with Crippen LogP contribution in [0.3, 0.4) is 0 Å². The van der Waals surface area contributed by atoms with Crippen molar-refractivity contribution in [1.29, 1.82) is 0 Å². The summed E-state index contributed by atoms with van der Waals surface area (Å²) in [6, 6.07) is 5.32. The Morgan fingerprint density at radius 3 is 3.00 bits per heavy atom. The van der Waals surface area contributed by atoms with Gasteiger partial charge in [0.15, 0.2) is 0 Å². The molecule has 1 aromatic rings. The third kappa shape index (κ3) is 2.84. The van der Waals surface area contributed by atoms with Gasteiger partial charge in [-0.25, -0.2) is 0 Å². The van der Waals surface area contributed by atoms with Gasteiger partial charge in [0, 0.05) is 23.6 Å². The van der Waals surface area contributed by atoms with Crippen LogP contribution in [0.1, 0.15) is 23.2 Å². The number of carbonyl (C=O) groups excluding carboxylic acids is 1. The summed E-state index contributed by atoms with van der Waals surface area (Å²) in [5.41, 5.74) is 0.370. The van der Waals surface area contributed by atoms with Crippen molar-refractivity contribution >= 4 is 21.8 Å². The number of halogens is 1. The van der Waals surface area contributed by atoms with Crippen LogP contribution in [0.25, 0.3) is 0 Å². The number of piperidine rings is 1. The van der Waals surface area contributed by atoms with E-state index < -0.39 is 0 Å². The Morgan fingerprint density at radius 2 is 2.33 bits per heavy atom. The molecule has 1 atom stereocenters. The zero-order valence-electron chi connectivity index (χ0n) is 10.3. The van der Waals surface area contributed by atoms with Crippen LogP contribution in [-0.2, 0) is 0 Å². The molecule has 1 aliphatic heterocycles. The van der Waals surface area contributed by atoms with E-state index in [1.54, 1.807) is 23.1 Å². The molecule has 0 bridgehead atoms. The minimum absolute atomic E-state index is 0.0287. The van der Waals surface area contributed by atoms with E-state index in [0.29, 0.717) is 18.2 Å². The molecular weight excluding hydrogens is 296 g/mol. The molecule has 98 valence electrons. The Balaban J connectivity index is 2.15. The first-order chi connectivity index (χ1) is 8.61. The van der Waals surface area contributed by atoms with Gasteiger partial charge in [0.25, 0.3) is 5.91 Å². The number of amides is 1. The van der Waals surface area contributed by atoms with Gasteiger partial charge in [-0.05, 0) is 38.1 Å². The van der Waals surface area contributed by atoms with Gasteiger partial charge in [0.2, 0.25) is 0 Å². The number of likely N-dealkylation sites (tertiary alicyclic amines) is 1. The number of likely N-dealkylation sites (N-methyl/N-ethyl adjacent to an activating group) is 1. The van der Waals surface area contributed by atoms with Crippen molar-refractivity contribution in [1.82, 2.24) is 10.2 Å². The van der Waals surface area contributed by atoms with Crippen molar-refractivity contribution in [3.8, 4) is 5.75 Å². The molecule has 2 rings (SSSR count). The van der Waals surface area contributed by atoms with Gasteiger partial charge in [-0.3, -0.25) is 4.79 Å². The lowest BCUT2D eigenvalue weighted by Gasteiger charge is -2.32. The second-order valence-electron chi connectivity index (χ2n) is 4.54. The number of hydrogen-bond acceptors (Lipinski definition) is 3. The molecule has 1 unspecified atom stereocenters. The van der Waals surface area contributed by atoms with Crippen LogP contribution in [-0.4, -0.2) is 42.1 Å². The maximum absolute atomic E-state index is 12.3. The first-order valence-electron chi connectivity index (χ1n) is 6.07. The number of aromatic hydroxyl groups is 1. The first-order valence-corrected chi connectivity index (χ1v) is 6.86. The number of phenols is 1. The Labute approximate surface area is 115 Å². The summed E-state index contributed by atoms with van der Waals surface area (Å²) in [7, 11) is 1.91. The third-order valence-electron chi connectivity index (χ3n) is 3.31. The number of hydrogen-bond donors (Lipinski definition) is 2. The summed E-state index contributed by atoms with van der Waals surface area (Å²) in [5, 5.41) is 13.0. The predicted molar refractivity (Wildman–Crippen MR) is 73.8 cm³/mol. The topological polar surface area (TPSA) is 52.6 Å². The fraction of sp³-hybridized carbons (Fsp3) is 0.462. The lowest BCUT2D eigenvalue weighted by atomic mass is 10.0. The van der Waals surface area contributed by atoms with E-state index in [-0.39, 0.29) is 11.7 Å². The van der Waals surface area contributed by atoms with Crippen LogP contribution in [0.15, 0.2) is 22.7 Å². The fourth-order valence-corrected chi connectivity index (χ4v) is 2.60. The smallest absolute Gasteiger partial charge is 0.257 e. The molecule has 0 radical (unpaired) electrons. The minimum atomic E-state index is -0.0973. The Morgan fingerprint density at radius 1 is 1.56 bits per heavy atom. The third-order valence-corrected chi connectivity index (χ3v) is 3.80. The van der Waals surface area contributed by atoms with E-state index in [0.717, 1.165) is 23.9 Å². The number of phenolic OH excluding ortho intramolecular Hbond substituents is 1. The summed E-state index contributed by atoms with van der Waals surface area (Å²) in [4.78, 5) is 14.1. The van der Waals surface area contributed by atoms with Gasteiger partial charge in [-0.15, -0.1) is 0 Å². The molecule has 2 N–H and O–H groups in total. The standard InChI is InChI=1S/C13H17BrN2O2/c1-15-10-3-2-6-16(8-10)13(18)11-5-4-9(14)7-12(11)17/h4-5,7,10,15,17H,2-3,6,8H2,1H3. The van der Waals surface area contributed by atoms with Gasteiger partial charge >= 0.3 is 0 Å². The summed E-state index contributed by atoms with van der Waals surface area (Å²) in [6.07, 6.45) is 2.08. The Bertz CT molecular complexity index is 451. The van der Waals surface area contributed by atoms with Crippen molar-refractivity contribution in [3.63, 3.8) is 0 Å². The highest BCUT2D eigenvalue weighted by Crippen LogP contribution is 2.24. The van der Waals surface area contributed by atoms with E-state index in [2.05, 4.69) is 21.2 Å². The lowest BCUT2D eigenvalue weighted by molar-refractivity contribution is 0.0695. The molecule has 1 saturated heterocycles. The Hall–Kier alpha value is -1.07. The highest BCUT2D eigenvalue weighted by Gasteiger charge is 2.25. The number of benzene rings is 1. The molecule has 0 aliphatic carbocycles. The number of nitrogens with one attached hydrogen (secondary N) is 1. The average molecular weight is 313 g/mol. The van der Waals surface area contributed by atoms with Gasteiger partial charge in [0.1, 0.15) is 5.75 Å². The number of carbonyl (C=O) groups is 1.